The van der Waals surface area contributed by atoms with Crippen molar-refractivity contribution in [3.8, 4) is 11.5 Å². The summed E-state index contributed by atoms with van der Waals surface area (Å²) in [7, 11) is 1.32. The van der Waals surface area contributed by atoms with Crippen molar-refractivity contribution in [3.63, 3.8) is 0 Å². The molecule has 1 heterocycles. The van der Waals surface area contributed by atoms with Gasteiger partial charge < -0.3 is 19.5 Å². The van der Waals surface area contributed by atoms with Gasteiger partial charge in [0.1, 0.15) is 17.7 Å². The number of ether oxygens (including phenoxy) is 3. The molecule has 1 aromatic heterocycles. The summed E-state index contributed by atoms with van der Waals surface area (Å²) in [5.74, 6) is -2.66. The average Bonchev–Trinajstić information content (AvgIpc) is 2.93. The van der Waals surface area contributed by atoms with E-state index in [0.717, 1.165) is 0 Å². The number of hydrogen-bond acceptors (Lipinski definition) is 8. The lowest BCUT2D eigenvalue weighted by Gasteiger charge is -2.16. The SMILES string of the molecule is COc1ccnc(C(=O)N[C@@H](C)C(=O)NN=C(c2ccc(F)cc2)c2ccc(F)cc2)c1OC(=O)OCC(C)C. The van der Waals surface area contributed by atoms with Crippen LogP contribution in [0.5, 0.6) is 11.5 Å². The maximum Gasteiger partial charge on any atom is 0.514 e. The van der Waals surface area contributed by atoms with Crippen molar-refractivity contribution >= 4 is 23.7 Å². The van der Waals surface area contributed by atoms with E-state index in [4.69, 9.17) is 14.2 Å². The van der Waals surface area contributed by atoms with Gasteiger partial charge in [-0.25, -0.2) is 24.0 Å². The Hall–Kier alpha value is -4.87. The van der Waals surface area contributed by atoms with Gasteiger partial charge in [0.25, 0.3) is 11.8 Å². The predicted molar refractivity (Wildman–Crippen MR) is 141 cm³/mol. The van der Waals surface area contributed by atoms with E-state index in [-0.39, 0.29) is 35.4 Å². The molecule has 0 aliphatic rings. The van der Waals surface area contributed by atoms with Crippen molar-refractivity contribution in [2.45, 2.75) is 26.8 Å². The molecule has 0 saturated heterocycles. The van der Waals surface area contributed by atoms with Gasteiger partial charge in [0.05, 0.1) is 19.4 Å². The van der Waals surface area contributed by atoms with Crippen LogP contribution in [-0.2, 0) is 9.53 Å². The quantitative estimate of drug-likeness (QED) is 0.218. The number of amides is 2. The number of nitrogens with one attached hydrogen (secondary N) is 2. The number of aromatic nitrogens is 1. The smallest absolute Gasteiger partial charge is 0.493 e. The second-order valence-corrected chi connectivity index (χ2v) is 8.89. The molecule has 0 spiro atoms. The van der Waals surface area contributed by atoms with Crippen LogP contribution in [0.15, 0.2) is 65.9 Å². The van der Waals surface area contributed by atoms with Gasteiger partial charge in [-0.15, -0.1) is 0 Å². The highest BCUT2D eigenvalue weighted by Gasteiger charge is 2.25. The minimum absolute atomic E-state index is 0.0478. The Bertz CT molecular complexity index is 1330. The number of hydrogen-bond donors (Lipinski definition) is 2. The predicted octanol–water partition coefficient (Wildman–Crippen LogP) is 4.23. The molecule has 0 fully saturated rings. The zero-order chi connectivity index (χ0) is 29.2. The van der Waals surface area contributed by atoms with Gasteiger partial charge in [-0.3, -0.25) is 9.59 Å². The monoisotopic (exact) mass is 554 g/mol. The number of hydrazone groups is 1. The summed E-state index contributed by atoms with van der Waals surface area (Å²) in [5.41, 5.74) is 3.19. The van der Waals surface area contributed by atoms with E-state index >= 15 is 0 Å². The highest BCUT2D eigenvalue weighted by Crippen LogP contribution is 2.30. The van der Waals surface area contributed by atoms with E-state index in [1.54, 1.807) is 0 Å². The molecule has 0 saturated carbocycles. The van der Waals surface area contributed by atoms with Gasteiger partial charge in [0.15, 0.2) is 11.4 Å². The maximum atomic E-state index is 13.5. The summed E-state index contributed by atoms with van der Waals surface area (Å²) >= 11 is 0. The molecule has 10 nitrogen and oxygen atoms in total. The lowest BCUT2D eigenvalue weighted by atomic mass is 10.0. The van der Waals surface area contributed by atoms with Crippen LogP contribution < -0.4 is 20.2 Å². The molecule has 40 heavy (non-hydrogen) atoms. The molecule has 0 aliphatic heterocycles. The average molecular weight is 555 g/mol. The third-order valence-electron chi connectivity index (χ3n) is 5.28. The molecule has 0 unspecified atom stereocenters. The third kappa shape index (κ3) is 8.06. The Balaban J connectivity index is 1.77. The summed E-state index contributed by atoms with van der Waals surface area (Å²) in [6.45, 7) is 5.18. The number of halogens is 2. The fraction of sp³-hybridized carbons (Fsp3) is 0.250. The van der Waals surface area contributed by atoms with Crippen LogP contribution in [0.1, 0.15) is 42.4 Å². The number of methoxy groups -OCH3 is 1. The molecule has 12 heteroatoms. The van der Waals surface area contributed by atoms with Gasteiger partial charge in [0.2, 0.25) is 5.75 Å². The number of benzene rings is 2. The number of rotatable bonds is 10. The minimum Gasteiger partial charge on any atom is -0.493 e. The van der Waals surface area contributed by atoms with Crippen LogP contribution in [0.4, 0.5) is 13.6 Å². The fourth-order valence-corrected chi connectivity index (χ4v) is 3.25. The maximum absolute atomic E-state index is 13.5. The van der Waals surface area contributed by atoms with Crippen molar-refractivity contribution in [1.82, 2.24) is 15.7 Å². The molecule has 0 radical (unpaired) electrons. The van der Waals surface area contributed by atoms with Crippen molar-refractivity contribution in [2.75, 3.05) is 13.7 Å². The van der Waals surface area contributed by atoms with Crippen LogP contribution in [0, 0.1) is 17.6 Å². The summed E-state index contributed by atoms with van der Waals surface area (Å²) in [6, 6.07) is 11.0. The molecule has 2 N–H and O–H groups in total. The molecule has 0 bridgehead atoms. The molecule has 0 aliphatic carbocycles. The molecule has 210 valence electrons. The first-order valence-electron chi connectivity index (χ1n) is 12.2. The summed E-state index contributed by atoms with van der Waals surface area (Å²) in [4.78, 5) is 41.9. The molecule has 1 atom stereocenters. The Labute approximate surface area is 229 Å². The van der Waals surface area contributed by atoms with Crippen molar-refractivity contribution in [3.05, 3.63) is 89.2 Å². The van der Waals surface area contributed by atoms with Crippen LogP contribution in [0.25, 0.3) is 0 Å². The topological polar surface area (TPSA) is 128 Å². The lowest BCUT2D eigenvalue weighted by molar-refractivity contribution is -0.122. The van der Waals surface area contributed by atoms with E-state index in [2.05, 4.69) is 20.8 Å². The highest BCUT2D eigenvalue weighted by molar-refractivity contribution is 6.13. The molecular formula is C28H28F2N4O6. The second-order valence-electron chi connectivity index (χ2n) is 8.89. The highest BCUT2D eigenvalue weighted by atomic mass is 19.1. The van der Waals surface area contributed by atoms with E-state index in [1.165, 1.54) is 74.8 Å². The Morgan fingerprint density at radius 1 is 0.925 bits per heavy atom. The number of pyridine rings is 1. The van der Waals surface area contributed by atoms with Crippen molar-refractivity contribution in [2.24, 2.45) is 11.0 Å². The standard InChI is InChI=1S/C28H28F2N4O6/c1-16(2)15-39-28(37)40-25-22(38-4)13-14-31-24(25)27(36)32-17(3)26(35)34-33-23(18-5-9-20(29)10-6-18)19-7-11-21(30)12-8-19/h5-14,16-17H,15H2,1-4H3,(H,32,36)(H,34,35)/t17-/m0/s1. The second kappa shape index (κ2) is 13.8. The minimum atomic E-state index is -1.13. The first kappa shape index (κ1) is 29.7. The van der Waals surface area contributed by atoms with E-state index in [0.29, 0.717) is 11.1 Å². The zero-order valence-corrected chi connectivity index (χ0v) is 22.2. The van der Waals surface area contributed by atoms with Gasteiger partial charge in [-0.2, -0.15) is 5.10 Å². The lowest BCUT2D eigenvalue weighted by Crippen LogP contribution is -2.44. The first-order chi connectivity index (χ1) is 19.1. The fourth-order valence-electron chi connectivity index (χ4n) is 3.25. The Kier molecular flexibility index (Phi) is 10.2. The first-order valence-corrected chi connectivity index (χ1v) is 12.2. The normalized spacial score (nSPS) is 11.3. The van der Waals surface area contributed by atoms with E-state index in [9.17, 15) is 23.2 Å². The van der Waals surface area contributed by atoms with Gasteiger partial charge >= 0.3 is 6.16 Å². The van der Waals surface area contributed by atoms with Crippen molar-refractivity contribution in [1.29, 1.82) is 0 Å². The largest absolute Gasteiger partial charge is 0.514 e. The zero-order valence-electron chi connectivity index (χ0n) is 22.2. The van der Waals surface area contributed by atoms with Gasteiger partial charge in [-0.1, -0.05) is 13.8 Å². The van der Waals surface area contributed by atoms with Gasteiger partial charge in [0, 0.05) is 23.4 Å². The molecule has 2 aromatic carbocycles. The molecule has 2 amide bonds. The third-order valence-corrected chi connectivity index (χ3v) is 5.28. The van der Waals surface area contributed by atoms with Crippen LogP contribution in [0.3, 0.4) is 0 Å². The summed E-state index contributed by atoms with van der Waals surface area (Å²) in [6.07, 6.45) is 0.218. The Morgan fingerprint density at radius 3 is 2.02 bits per heavy atom. The van der Waals surface area contributed by atoms with E-state index < -0.39 is 35.6 Å². The van der Waals surface area contributed by atoms with Crippen LogP contribution in [0.2, 0.25) is 0 Å². The van der Waals surface area contributed by atoms with Gasteiger partial charge in [-0.05, 0) is 61.4 Å². The number of carbonyl (C=O) groups is 3. The molecule has 3 aromatic rings. The Morgan fingerprint density at radius 2 is 1.50 bits per heavy atom. The summed E-state index contributed by atoms with van der Waals surface area (Å²) in [5, 5.41) is 6.60. The number of nitrogens with zero attached hydrogens (tertiary/aromatic N) is 2. The van der Waals surface area contributed by atoms with Crippen molar-refractivity contribution < 1.29 is 37.4 Å². The summed E-state index contributed by atoms with van der Waals surface area (Å²) < 4.78 is 42.3. The van der Waals surface area contributed by atoms with Crippen LogP contribution >= 0.6 is 0 Å². The molecule has 3 rings (SSSR count). The number of carbonyl (C=O) groups excluding carboxylic acids is 3. The molecular weight excluding hydrogens is 526 g/mol. The van der Waals surface area contributed by atoms with Crippen LogP contribution in [-0.4, -0.2) is 48.4 Å². The van der Waals surface area contributed by atoms with E-state index in [1.807, 2.05) is 13.8 Å².